The van der Waals surface area contributed by atoms with Crippen molar-refractivity contribution in [2.45, 2.75) is 0 Å². The Morgan fingerprint density at radius 2 is 1.77 bits per heavy atom. The molecule has 2 amide bonds. The molecule has 2 aromatic rings. The van der Waals surface area contributed by atoms with E-state index in [2.05, 4.69) is 5.32 Å². The zero-order valence-corrected chi connectivity index (χ0v) is 11.8. The summed E-state index contributed by atoms with van der Waals surface area (Å²) in [5.74, 6) is -1.56. The van der Waals surface area contributed by atoms with Crippen molar-refractivity contribution in [3.05, 3.63) is 54.1 Å². The Balaban J connectivity index is 2.14. The lowest BCUT2D eigenvalue weighted by molar-refractivity contribution is -0.134. The third-order valence-corrected chi connectivity index (χ3v) is 3.03. The number of aromatic hydroxyl groups is 1. The van der Waals surface area contributed by atoms with Gasteiger partial charge in [-0.3, -0.25) is 9.59 Å². The minimum atomic E-state index is -0.849. The van der Waals surface area contributed by atoms with Gasteiger partial charge in [-0.15, -0.1) is 0 Å². The van der Waals surface area contributed by atoms with E-state index in [4.69, 9.17) is 5.26 Å². The number of nitrogens with one attached hydrogen (secondary N) is 1. The summed E-state index contributed by atoms with van der Waals surface area (Å²) in [4.78, 5) is 25.3. The normalized spacial score (nSPS) is 9.64. The van der Waals surface area contributed by atoms with Crippen molar-refractivity contribution < 1.29 is 14.7 Å². The van der Waals surface area contributed by atoms with Gasteiger partial charge in [-0.2, -0.15) is 5.26 Å². The van der Waals surface area contributed by atoms with E-state index in [0.717, 1.165) is 4.90 Å². The number of hydrogen-bond acceptors (Lipinski definition) is 4. The molecule has 0 aliphatic heterocycles. The predicted octanol–water partition coefficient (Wildman–Crippen LogP) is 1.87. The van der Waals surface area contributed by atoms with E-state index >= 15 is 0 Å². The van der Waals surface area contributed by atoms with Crippen LogP contribution in [-0.2, 0) is 9.59 Å². The molecule has 0 aliphatic rings. The Labute approximate surface area is 127 Å². The van der Waals surface area contributed by atoms with Crippen LogP contribution in [0.1, 0.15) is 5.56 Å². The number of phenolic OH excluding ortho intramolecular Hbond substituents is 1. The van der Waals surface area contributed by atoms with Crippen LogP contribution in [0.2, 0.25) is 0 Å². The quantitative estimate of drug-likeness (QED) is 0.827. The molecule has 0 unspecified atom stereocenters. The Morgan fingerprint density at radius 3 is 2.41 bits per heavy atom. The number of hydrogen-bond donors (Lipinski definition) is 2. The number of anilines is 2. The molecule has 0 saturated heterocycles. The highest BCUT2D eigenvalue weighted by molar-refractivity contribution is 6.44. The summed E-state index contributed by atoms with van der Waals surface area (Å²) >= 11 is 0. The highest BCUT2D eigenvalue weighted by Crippen LogP contribution is 2.18. The van der Waals surface area contributed by atoms with Crippen LogP contribution in [0, 0.1) is 11.3 Å². The minimum Gasteiger partial charge on any atom is -0.508 e. The van der Waals surface area contributed by atoms with Gasteiger partial charge in [0.2, 0.25) is 0 Å². The first-order valence-corrected chi connectivity index (χ1v) is 6.40. The maximum Gasteiger partial charge on any atom is 0.316 e. The van der Waals surface area contributed by atoms with Crippen molar-refractivity contribution in [2.24, 2.45) is 0 Å². The summed E-state index contributed by atoms with van der Waals surface area (Å²) in [5, 5.41) is 20.6. The molecule has 0 bridgehead atoms. The first-order chi connectivity index (χ1) is 10.5. The first-order valence-electron chi connectivity index (χ1n) is 6.40. The first kappa shape index (κ1) is 15.1. The molecule has 0 aliphatic carbocycles. The van der Waals surface area contributed by atoms with Crippen LogP contribution in [0.3, 0.4) is 0 Å². The van der Waals surface area contributed by atoms with Crippen molar-refractivity contribution in [1.29, 1.82) is 5.26 Å². The average molecular weight is 295 g/mol. The molecule has 2 rings (SSSR count). The Kier molecular flexibility index (Phi) is 4.39. The Morgan fingerprint density at radius 1 is 1.14 bits per heavy atom. The number of nitriles is 1. The van der Waals surface area contributed by atoms with Crippen molar-refractivity contribution in [3.8, 4) is 11.8 Å². The van der Waals surface area contributed by atoms with E-state index in [1.54, 1.807) is 24.3 Å². The Bertz CT molecular complexity index is 748. The molecule has 6 nitrogen and oxygen atoms in total. The summed E-state index contributed by atoms with van der Waals surface area (Å²) < 4.78 is 0. The summed E-state index contributed by atoms with van der Waals surface area (Å²) in [6, 6.07) is 14.2. The van der Waals surface area contributed by atoms with Gasteiger partial charge < -0.3 is 15.3 Å². The fraction of sp³-hybridized carbons (Fsp3) is 0.0625. The summed E-state index contributed by atoms with van der Waals surface area (Å²) in [7, 11) is 1.45. The molecule has 0 fully saturated rings. The monoisotopic (exact) mass is 295 g/mol. The molecule has 0 radical (unpaired) electrons. The van der Waals surface area contributed by atoms with E-state index in [1.165, 1.54) is 31.3 Å². The molecule has 110 valence electrons. The second kappa shape index (κ2) is 6.41. The number of nitrogens with zero attached hydrogens (tertiary/aromatic N) is 2. The van der Waals surface area contributed by atoms with E-state index < -0.39 is 11.8 Å². The van der Waals surface area contributed by atoms with Gasteiger partial charge in [-0.05, 0) is 36.4 Å². The number of likely N-dealkylation sites (N-methyl/N-ethyl adjacent to an activating group) is 1. The van der Waals surface area contributed by atoms with Gasteiger partial charge in [-0.1, -0.05) is 12.1 Å². The number of phenols is 1. The van der Waals surface area contributed by atoms with Crippen molar-refractivity contribution in [2.75, 3.05) is 17.3 Å². The lowest BCUT2D eigenvalue weighted by atomic mass is 10.2. The predicted molar refractivity (Wildman–Crippen MR) is 81.3 cm³/mol. The van der Waals surface area contributed by atoms with Gasteiger partial charge in [0.1, 0.15) is 11.8 Å². The van der Waals surface area contributed by atoms with Crippen LogP contribution in [0.15, 0.2) is 48.5 Å². The summed E-state index contributed by atoms with van der Waals surface area (Å²) in [6.07, 6.45) is 0. The maximum absolute atomic E-state index is 12.1. The molecule has 2 N–H and O–H groups in total. The number of benzene rings is 2. The van der Waals surface area contributed by atoms with Crippen LogP contribution in [-0.4, -0.2) is 24.0 Å². The molecule has 0 atom stereocenters. The van der Waals surface area contributed by atoms with Crippen molar-refractivity contribution >= 4 is 23.2 Å². The lowest BCUT2D eigenvalue weighted by Gasteiger charge is -2.17. The van der Waals surface area contributed by atoms with E-state index in [9.17, 15) is 14.7 Å². The molecule has 0 heterocycles. The molecule has 2 aromatic carbocycles. The number of amides is 2. The Hall–Kier alpha value is -3.33. The molecule has 0 aromatic heterocycles. The van der Waals surface area contributed by atoms with Crippen LogP contribution < -0.4 is 10.2 Å². The zero-order chi connectivity index (χ0) is 16.1. The summed E-state index contributed by atoms with van der Waals surface area (Å²) in [5.41, 5.74) is 1.02. The van der Waals surface area contributed by atoms with Gasteiger partial charge in [0, 0.05) is 12.7 Å². The standard InChI is InChI=1S/C16H13N3O3/c1-19(12-6-8-13(20)9-7-12)16(22)15(21)18-14-5-3-2-4-11(14)10-17/h2-9,20H,1H3,(H,18,21). The fourth-order valence-corrected chi connectivity index (χ4v) is 1.81. The molecule has 6 heteroatoms. The topological polar surface area (TPSA) is 93.4 Å². The van der Waals surface area contributed by atoms with Crippen LogP contribution in [0.4, 0.5) is 11.4 Å². The van der Waals surface area contributed by atoms with Gasteiger partial charge in [0.05, 0.1) is 11.3 Å². The second-order valence-corrected chi connectivity index (χ2v) is 4.49. The molecular weight excluding hydrogens is 282 g/mol. The van der Waals surface area contributed by atoms with Crippen LogP contribution >= 0.6 is 0 Å². The number of rotatable bonds is 2. The molecule has 0 spiro atoms. The lowest BCUT2D eigenvalue weighted by Crippen LogP contribution is -2.37. The molecule has 22 heavy (non-hydrogen) atoms. The summed E-state index contributed by atoms with van der Waals surface area (Å²) in [6.45, 7) is 0. The van der Waals surface area contributed by atoms with Crippen molar-refractivity contribution in [3.63, 3.8) is 0 Å². The smallest absolute Gasteiger partial charge is 0.316 e. The molecule has 0 saturated carbocycles. The SMILES string of the molecule is CN(C(=O)C(=O)Nc1ccccc1C#N)c1ccc(O)cc1. The van der Waals surface area contributed by atoms with E-state index in [0.29, 0.717) is 5.69 Å². The number of para-hydroxylation sites is 1. The minimum absolute atomic E-state index is 0.0667. The third-order valence-electron chi connectivity index (χ3n) is 3.03. The van der Waals surface area contributed by atoms with E-state index in [1.807, 2.05) is 6.07 Å². The van der Waals surface area contributed by atoms with Gasteiger partial charge >= 0.3 is 11.8 Å². The highest BCUT2D eigenvalue weighted by Gasteiger charge is 2.20. The van der Waals surface area contributed by atoms with Crippen molar-refractivity contribution in [1.82, 2.24) is 0 Å². The van der Waals surface area contributed by atoms with E-state index in [-0.39, 0.29) is 17.0 Å². The fourth-order valence-electron chi connectivity index (χ4n) is 1.81. The van der Waals surface area contributed by atoms with Gasteiger partial charge in [-0.25, -0.2) is 0 Å². The highest BCUT2D eigenvalue weighted by atomic mass is 16.3. The maximum atomic E-state index is 12.1. The zero-order valence-electron chi connectivity index (χ0n) is 11.8. The third kappa shape index (κ3) is 3.22. The second-order valence-electron chi connectivity index (χ2n) is 4.49. The number of carbonyl (C=O) groups excluding carboxylic acids is 2. The largest absolute Gasteiger partial charge is 0.508 e. The molecular formula is C16H13N3O3. The van der Waals surface area contributed by atoms with Gasteiger partial charge in [0.15, 0.2) is 0 Å². The van der Waals surface area contributed by atoms with Crippen LogP contribution in [0.5, 0.6) is 5.75 Å². The van der Waals surface area contributed by atoms with Crippen LogP contribution in [0.25, 0.3) is 0 Å². The number of carbonyl (C=O) groups is 2. The van der Waals surface area contributed by atoms with Gasteiger partial charge in [0.25, 0.3) is 0 Å². The average Bonchev–Trinajstić information content (AvgIpc) is 2.54.